The van der Waals surface area contributed by atoms with E-state index in [2.05, 4.69) is 4.90 Å². The molecule has 0 unspecified atom stereocenters. The van der Waals surface area contributed by atoms with Gasteiger partial charge in [-0.05, 0) is 37.0 Å². The molecule has 2 N–H and O–H groups in total. The van der Waals surface area contributed by atoms with Crippen LogP contribution in [0.2, 0.25) is 0 Å². The second kappa shape index (κ2) is 8.25. The minimum absolute atomic E-state index is 0.462. The number of hydrogen-bond donors (Lipinski definition) is 1. The van der Waals surface area contributed by atoms with Crippen LogP contribution < -0.4 is 10.5 Å². The highest BCUT2D eigenvalue weighted by Crippen LogP contribution is 2.14. The van der Waals surface area contributed by atoms with E-state index in [-0.39, 0.29) is 0 Å². The molecule has 0 aliphatic carbocycles. The van der Waals surface area contributed by atoms with Crippen LogP contribution in [-0.4, -0.2) is 44.4 Å². The van der Waals surface area contributed by atoms with Gasteiger partial charge in [0.05, 0.1) is 12.7 Å². The van der Waals surface area contributed by atoms with E-state index in [1.54, 1.807) is 0 Å². The summed E-state index contributed by atoms with van der Waals surface area (Å²) in [6.45, 7) is 4.74. The molecule has 2 rings (SSSR count). The molecule has 1 heterocycles. The second-order valence-electron chi connectivity index (χ2n) is 5.33. The molecule has 0 bridgehead atoms. The molecule has 1 aromatic rings. The lowest BCUT2D eigenvalue weighted by Gasteiger charge is -2.31. The van der Waals surface area contributed by atoms with Crippen molar-refractivity contribution in [2.24, 2.45) is 5.73 Å². The number of methoxy groups -OCH3 is 1. The number of nitrogens with two attached hydrogens (primary N) is 1. The summed E-state index contributed by atoms with van der Waals surface area (Å²) in [7, 11) is 1.81. The number of ether oxygens (including phenoxy) is 2. The lowest BCUT2D eigenvalue weighted by atomic mass is 10.1. The Bertz CT molecular complexity index is 373. The van der Waals surface area contributed by atoms with Gasteiger partial charge in [-0.15, -0.1) is 0 Å². The molecule has 0 amide bonds. The summed E-state index contributed by atoms with van der Waals surface area (Å²) >= 11 is 0. The maximum Gasteiger partial charge on any atom is 0.119 e. The van der Waals surface area contributed by atoms with E-state index < -0.39 is 0 Å². The Balaban J connectivity index is 1.59. The first-order valence-electron chi connectivity index (χ1n) is 7.49. The number of likely N-dealkylation sites (tertiary alicyclic amines) is 1. The SMILES string of the molecule is COC1CCN(CCCOc2ccc(CN)cc2)CC1. The van der Waals surface area contributed by atoms with E-state index in [1.165, 1.54) is 0 Å². The van der Waals surface area contributed by atoms with Crippen LogP contribution in [0.1, 0.15) is 24.8 Å². The first kappa shape index (κ1) is 15.3. The third-order valence-corrected chi connectivity index (χ3v) is 3.91. The Hall–Kier alpha value is -1.10. The Labute approximate surface area is 121 Å². The number of benzene rings is 1. The maximum absolute atomic E-state index is 5.75. The Morgan fingerprint density at radius 1 is 1.20 bits per heavy atom. The summed E-state index contributed by atoms with van der Waals surface area (Å²) in [5.41, 5.74) is 6.71. The van der Waals surface area contributed by atoms with E-state index in [1.807, 2.05) is 31.4 Å². The summed E-state index contributed by atoms with van der Waals surface area (Å²) in [6.07, 6.45) is 3.83. The summed E-state index contributed by atoms with van der Waals surface area (Å²) in [4.78, 5) is 2.50. The normalized spacial score (nSPS) is 17.3. The quantitative estimate of drug-likeness (QED) is 0.775. The summed E-state index contributed by atoms with van der Waals surface area (Å²) in [5, 5.41) is 0. The molecule has 0 saturated carbocycles. The fourth-order valence-electron chi connectivity index (χ4n) is 2.57. The molecule has 1 aliphatic heterocycles. The topological polar surface area (TPSA) is 47.7 Å². The number of piperidine rings is 1. The average Bonchev–Trinajstić information content (AvgIpc) is 2.53. The lowest BCUT2D eigenvalue weighted by molar-refractivity contribution is 0.0398. The van der Waals surface area contributed by atoms with E-state index in [4.69, 9.17) is 15.2 Å². The van der Waals surface area contributed by atoms with Crippen molar-refractivity contribution >= 4 is 0 Å². The van der Waals surface area contributed by atoms with Crippen LogP contribution >= 0.6 is 0 Å². The van der Waals surface area contributed by atoms with Gasteiger partial charge in [-0.25, -0.2) is 0 Å². The van der Waals surface area contributed by atoms with Crippen molar-refractivity contribution in [2.45, 2.75) is 31.9 Å². The molecule has 1 saturated heterocycles. The third kappa shape index (κ3) is 4.78. The van der Waals surface area contributed by atoms with Crippen LogP contribution in [0, 0.1) is 0 Å². The van der Waals surface area contributed by atoms with E-state index in [9.17, 15) is 0 Å². The van der Waals surface area contributed by atoms with E-state index in [0.29, 0.717) is 12.6 Å². The fourth-order valence-corrected chi connectivity index (χ4v) is 2.57. The first-order valence-corrected chi connectivity index (χ1v) is 7.49. The van der Waals surface area contributed by atoms with Crippen molar-refractivity contribution in [2.75, 3.05) is 33.4 Å². The number of hydrogen-bond acceptors (Lipinski definition) is 4. The molecule has 1 fully saturated rings. The van der Waals surface area contributed by atoms with Gasteiger partial charge in [0.1, 0.15) is 5.75 Å². The van der Waals surface area contributed by atoms with Crippen LogP contribution in [0.4, 0.5) is 0 Å². The molecular weight excluding hydrogens is 252 g/mol. The average molecular weight is 278 g/mol. The van der Waals surface area contributed by atoms with Crippen molar-refractivity contribution in [1.82, 2.24) is 4.90 Å². The molecule has 1 aromatic carbocycles. The maximum atomic E-state index is 5.75. The highest BCUT2D eigenvalue weighted by molar-refractivity contribution is 5.26. The largest absolute Gasteiger partial charge is 0.494 e. The molecule has 4 nitrogen and oxygen atoms in total. The van der Waals surface area contributed by atoms with Crippen molar-refractivity contribution in [3.05, 3.63) is 29.8 Å². The van der Waals surface area contributed by atoms with Gasteiger partial charge in [-0.2, -0.15) is 0 Å². The van der Waals surface area contributed by atoms with Crippen LogP contribution in [0.15, 0.2) is 24.3 Å². The summed E-state index contributed by atoms with van der Waals surface area (Å²) in [5.74, 6) is 0.931. The van der Waals surface area contributed by atoms with Crippen molar-refractivity contribution in [3.8, 4) is 5.75 Å². The minimum Gasteiger partial charge on any atom is -0.494 e. The molecule has 0 spiro atoms. The summed E-state index contributed by atoms with van der Waals surface area (Å²) < 4.78 is 11.1. The molecule has 4 heteroatoms. The predicted molar refractivity (Wildman–Crippen MR) is 80.9 cm³/mol. The Morgan fingerprint density at radius 3 is 2.50 bits per heavy atom. The molecule has 0 atom stereocenters. The molecule has 0 aromatic heterocycles. The number of rotatable bonds is 7. The van der Waals surface area contributed by atoms with Gasteiger partial charge in [-0.3, -0.25) is 0 Å². The molecule has 20 heavy (non-hydrogen) atoms. The van der Waals surface area contributed by atoms with Gasteiger partial charge in [-0.1, -0.05) is 12.1 Å². The molecule has 1 aliphatic rings. The monoisotopic (exact) mass is 278 g/mol. The van der Waals surface area contributed by atoms with Gasteiger partial charge in [0.15, 0.2) is 0 Å². The fraction of sp³-hybridized carbons (Fsp3) is 0.625. The van der Waals surface area contributed by atoms with E-state index in [0.717, 1.165) is 56.8 Å². The van der Waals surface area contributed by atoms with Gasteiger partial charge in [0.25, 0.3) is 0 Å². The van der Waals surface area contributed by atoms with Gasteiger partial charge in [0, 0.05) is 33.3 Å². The van der Waals surface area contributed by atoms with Crippen LogP contribution in [0.3, 0.4) is 0 Å². The van der Waals surface area contributed by atoms with Gasteiger partial charge < -0.3 is 20.1 Å². The lowest BCUT2D eigenvalue weighted by Crippen LogP contribution is -2.37. The Morgan fingerprint density at radius 2 is 1.90 bits per heavy atom. The molecular formula is C16H26N2O2. The highest BCUT2D eigenvalue weighted by atomic mass is 16.5. The molecule has 112 valence electrons. The van der Waals surface area contributed by atoms with Crippen LogP contribution in [0.25, 0.3) is 0 Å². The second-order valence-corrected chi connectivity index (χ2v) is 5.33. The zero-order valence-corrected chi connectivity index (χ0v) is 12.4. The van der Waals surface area contributed by atoms with Crippen molar-refractivity contribution in [3.63, 3.8) is 0 Å². The number of nitrogens with zero attached hydrogens (tertiary/aromatic N) is 1. The zero-order chi connectivity index (χ0) is 14.2. The van der Waals surface area contributed by atoms with Crippen LogP contribution in [-0.2, 0) is 11.3 Å². The Kier molecular flexibility index (Phi) is 6.30. The van der Waals surface area contributed by atoms with Crippen molar-refractivity contribution in [1.29, 1.82) is 0 Å². The van der Waals surface area contributed by atoms with E-state index >= 15 is 0 Å². The van der Waals surface area contributed by atoms with Crippen molar-refractivity contribution < 1.29 is 9.47 Å². The summed E-state index contributed by atoms with van der Waals surface area (Å²) in [6, 6.07) is 8.02. The van der Waals surface area contributed by atoms with Gasteiger partial charge in [0.2, 0.25) is 0 Å². The van der Waals surface area contributed by atoms with Crippen LogP contribution in [0.5, 0.6) is 5.75 Å². The molecule has 0 radical (unpaired) electrons. The first-order chi connectivity index (χ1) is 9.81. The zero-order valence-electron chi connectivity index (χ0n) is 12.4. The van der Waals surface area contributed by atoms with Gasteiger partial charge >= 0.3 is 0 Å². The smallest absolute Gasteiger partial charge is 0.119 e. The highest BCUT2D eigenvalue weighted by Gasteiger charge is 2.17. The third-order valence-electron chi connectivity index (χ3n) is 3.91. The predicted octanol–water partition coefficient (Wildman–Crippen LogP) is 2.02. The standard InChI is InChI=1S/C16H26N2O2/c1-19-15-7-10-18(11-8-15)9-2-12-20-16-5-3-14(13-17)4-6-16/h3-6,15H,2,7-13,17H2,1H3. The minimum atomic E-state index is 0.462.